The molecule has 1 fully saturated rings. The van der Waals surface area contributed by atoms with Crippen molar-refractivity contribution < 1.29 is 29.6 Å². The molecule has 15 heteroatoms. The number of aliphatic hydroxyl groups excluding tert-OH is 2. The number of fused-ring (bicyclic) bond motifs is 1. The summed E-state index contributed by atoms with van der Waals surface area (Å²) in [5, 5.41) is 35.9. The van der Waals surface area contributed by atoms with Gasteiger partial charge in [0.2, 0.25) is 5.91 Å². The maximum atomic E-state index is 11.9. The van der Waals surface area contributed by atoms with Crippen LogP contribution in [0.25, 0.3) is 11.2 Å². The summed E-state index contributed by atoms with van der Waals surface area (Å²) in [6, 6.07) is -1.03. The maximum Gasteiger partial charge on any atom is 0.326 e. The van der Waals surface area contributed by atoms with Gasteiger partial charge in [0.05, 0.1) is 19.1 Å². The molecule has 0 bridgehead atoms. The topological polar surface area (TPSA) is 224 Å². The molecule has 2 aromatic rings. The first-order valence-electron chi connectivity index (χ1n) is 10.7. The molecule has 0 aliphatic carbocycles. The molecule has 14 nitrogen and oxygen atoms in total. The lowest BCUT2D eigenvalue weighted by Crippen LogP contribution is -2.46. The Kier molecular flexibility index (Phi) is 8.98. The van der Waals surface area contributed by atoms with E-state index in [9.17, 15) is 24.9 Å². The van der Waals surface area contributed by atoms with Gasteiger partial charge in [-0.2, -0.15) is 0 Å². The van der Waals surface area contributed by atoms with E-state index < -0.39 is 42.5 Å². The fourth-order valence-corrected chi connectivity index (χ4v) is 5.28. The Morgan fingerprint density at radius 3 is 2.76 bits per heavy atom. The molecular weight excluding hydrogens is 468 g/mol. The van der Waals surface area contributed by atoms with Gasteiger partial charge in [-0.25, -0.2) is 19.7 Å². The van der Waals surface area contributed by atoms with Gasteiger partial charge in [0, 0.05) is 19.5 Å². The SMILES string of the molecule is C[S+](CC[C@H](NC(=O)CNCCN)C(=O)O)C[C@H]1O[C@@H](n2cnc3c(N)ncnc32)[C@H](O)[C@@H]1O. The number of carbonyl (C=O) groups excluding carboxylic acids is 1. The van der Waals surface area contributed by atoms with Crippen molar-refractivity contribution in [3.8, 4) is 0 Å². The standard InChI is InChI=1S/C19H30N8O6S/c1-34(5-2-10(19(31)32)26-12(28)6-22-4-3-20)7-11-14(29)15(30)18(33-11)27-9-25-13-16(21)23-8-24-17(13)27/h8-11,14-15,18,22,29-30H,2-7,20H2,1H3,(H3-,21,23,24,26,28,31,32)/p+1/t10-,11+,14+,15+,18+,34?/m0/s1. The van der Waals surface area contributed by atoms with E-state index in [-0.39, 0.29) is 29.7 Å². The van der Waals surface area contributed by atoms with Gasteiger partial charge in [-0.15, -0.1) is 0 Å². The summed E-state index contributed by atoms with van der Waals surface area (Å²) in [5.41, 5.74) is 11.9. The minimum atomic E-state index is -1.22. The van der Waals surface area contributed by atoms with Crippen LogP contribution in [0.1, 0.15) is 12.6 Å². The van der Waals surface area contributed by atoms with Gasteiger partial charge in [-0.1, -0.05) is 0 Å². The molecular formula is C19H31N8O6S+. The second-order valence-corrected chi connectivity index (χ2v) is 10.3. The monoisotopic (exact) mass is 499 g/mol. The van der Waals surface area contributed by atoms with Crippen LogP contribution >= 0.6 is 0 Å². The van der Waals surface area contributed by atoms with Crippen LogP contribution < -0.4 is 22.1 Å². The first-order chi connectivity index (χ1) is 16.2. The number of nitrogen functional groups attached to an aromatic ring is 1. The van der Waals surface area contributed by atoms with Gasteiger partial charge < -0.3 is 42.2 Å². The molecule has 3 heterocycles. The van der Waals surface area contributed by atoms with Crippen molar-refractivity contribution in [2.45, 2.75) is 37.0 Å². The third kappa shape index (κ3) is 6.11. The molecule has 34 heavy (non-hydrogen) atoms. The summed E-state index contributed by atoms with van der Waals surface area (Å²) < 4.78 is 7.45. The third-order valence-corrected chi connectivity index (χ3v) is 7.27. The van der Waals surface area contributed by atoms with E-state index in [1.165, 1.54) is 17.2 Å². The highest BCUT2D eigenvalue weighted by Gasteiger charge is 2.46. The van der Waals surface area contributed by atoms with E-state index in [2.05, 4.69) is 25.6 Å². The normalized spacial score (nSPS) is 24.2. The molecule has 1 aliphatic rings. The van der Waals surface area contributed by atoms with Crippen LogP contribution in [-0.4, -0.2) is 108 Å². The molecule has 9 N–H and O–H groups in total. The first-order valence-corrected chi connectivity index (χ1v) is 12.7. The largest absolute Gasteiger partial charge is 0.480 e. The maximum absolute atomic E-state index is 11.9. The number of hydrogen-bond acceptors (Lipinski definition) is 11. The number of aliphatic carboxylic acids is 1. The molecule has 0 spiro atoms. The molecule has 0 radical (unpaired) electrons. The number of amides is 1. The number of carbonyl (C=O) groups is 2. The number of hydrogen-bond donors (Lipinski definition) is 7. The van der Waals surface area contributed by atoms with Gasteiger partial charge in [0.25, 0.3) is 0 Å². The number of imidazole rings is 1. The third-order valence-electron chi connectivity index (χ3n) is 5.44. The number of carboxylic acid groups (broad SMARTS) is 1. The molecule has 1 saturated heterocycles. The van der Waals surface area contributed by atoms with Crippen LogP contribution in [0.4, 0.5) is 5.82 Å². The summed E-state index contributed by atoms with van der Waals surface area (Å²) in [7, 11) is -0.360. The molecule has 2 aromatic heterocycles. The van der Waals surface area contributed by atoms with Crippen molar-refractivity contribution >= 4 is 39.8 Å². The molecule has 6 atom stereocenters. The Morgan fingerprint density at radius 1 is 1.29 bits per heavy atom. The van der Waals surface area contributed by atoms with E-state index >= 15 is 0 Å². The highest BCUT2D eigenvalue weighted by Crippen LogP contribution is 2.32. The van der Waals surface area contributed by atoms with Crippen LogP contribution in [0.2, 0.25) is 0 Å². The van der Waals surface area contributed by atoms with Crippen molar-refractivity contribution in [1.82, 2.24) is 30.2 Å². The summed E-state index contributed by atoms with van der Waals surface area (Å²) >= 11 is 0. The average molecular weight is 500 g/mol. The average Bonchev–Trinajstić information content (AvgIpc) is 3.34. The zero-order valence-corrected chi connectivity index (χ0v) is 19.5. The second-order valence-electron chi connectivity index (χ2n) is 7.99. The van der Waals surface area contributed by atoms with Crippen molar-refractivity contribution in [3.63, 3.8) is 0 Å². The fourth-order valence-electron chi connectivity index (χ4n) is 3.64. The van der Waals surface area contributed by atoms with E-state index in [4.69, 9.17) is 16.2 Å². The van der Waals surface area contributed by atoms with Crippen molar-refractivity contribution in [1.29, 1.82) is 0 Å². The predicted molar refractivity (Wildman–Crippen MR) is 125 cm³/mol. The molecule has 1 unspecified atom stereocenters. The number of anilines is 1. The number of ether oxygens (including phenoxy) is 1. The number of aromatic nitrogens is 4. The highest BCUT2D eigenvalue weighted by molar-refractivity contribution is 7.96. The number of nitrogens with one attached hydrogen (secondary N) is 2. The van der Waals surface area contributed by atoms with Gasteiger partial charge in [-0.05, 0) is 10.9 Å². The quantitative estimate of drug-likeness (QED) is 0.113. The van der Waals surface area contributed by atoms with Crippen LogP contribution in [-0.2, 0) is 25.2 Å². The van der Waals surface area contributed by atoms with Crippen LogP contribution in [0, 0.1) is 0 Å². The Balaban J connectivity index is 1.56. The molecule has 0 saturated carbocycles. The lowest BCUT2D eigenvalue weighted by atomic mass is 10.1. The predicted octanol–water partition coefficient (Wildman–Crippen LogP) is -3.22. The zero-order chi connectivity index (χ0) is 24.8. The van der Waals surface area contributed by atoms with Gasteiger partial charge >= 0.3 is 5.97 Å². The Hall–Kier alpha value is -2.56. The van der Waals surface area contributed by atoms with Gasteiger partial charge in [-0.3, -0.25) is 9.36 Å². The van der Waals surface area contributed by atoms with E-state index in [0.29, 0.717) is 35.8 Å². The van der Waals surface area contributed by atoms with Gasteiger partial charge in [0.1, 0.15) is 47.7 Å². The Bertz CT molecular complexity index is 993. The van der Waals surface area contributed by atoms with Crippen LogP contribution in [0.3, 0.4) is 0 Å². The molecule has 3 rings (SSSR count). The number of nitrogens with zero attached hydrogens (tertiary/aromatic N) is 4. The Labute approximate surface area is 198 Å². The van der Waals surface area contributed by atoms with Crippen molar-refractivity contribution in [2.24, 2.45) is 5.73 Å². The molecule has 0 aromatic carbocycles. The zero-order valence-electron chi connectivity index (χ0n) is 18.7. The number of rotatable bonds is 12. The summed E-state index contributed by atoms with van der Waals surface area (Å²) in [4.78, 5) is 35.6. The minimum absolute atomic E-state index is 0.0142. The lowest BCUT2D eigenvalue weighted by molar-refractivity contribution is -0.141. The number of aliphatic hydroxyl groups is 2. The summed E-state index contributed by atoms with van der Waals surface area (Å²) in [6.07, 6.45) is 0.872. The molecule has 1 aliphatic heterocycles. The lowest BCUT2D eigenvalue weighted by Gasteiger charge is -2.17. The smallest absolute Gasteiger partial charge is 0.326 e. The number of nitrogens with two attached hydrogens (primary N) is 2. The first kappa shape index (κ1) is 26.1. The highest BCUT2D eigenvalue weighted by atomic mass is 32.2. The molecule has 188 valence electrons. The summed E-state index contributed by atoms with van der Waals surface area (Å²) in [6.45, 7) is 0.812. The van der Waals surface area contributed by atoms with E-state index in [1.807, 2.05) is 6.26 Å². The van der Waals surface area contributed by atoms with Crippen molar-refractivity contribution in [2.75, 3.05) is 43.1 Å². The minimum Gasteiger partial charge on any atom is -0.480 e. The number of carboxylic acids is 1. The molecule has 1 amide bonds. The van der Waals surface area contributed by atoms with Crippen LogP contribution in [0.5, 0.6) is 0 Å². The summed E-state index contributed by atoms with van der Waals surface area (Å²) in [5.74, 6) is -0.465. The Morgan fingerprint density at radius 2 is 2.06 bits per heavy atom. The second kappa shape index (κ2) is 11.7. The van der Waals surface area contributed by atoms with E-state index in [0.717, 1.165) is 0 Å². The fraction of sp³-hybridized carbons (Fsp3) is 0.632. The van der Waals surface area contributed by atoms with E-state index in [1.54, 1.807) is 0 Å². The van der Waals surface area contributed by atoms with Crippen LogP contribution in [0.15, 0.2) is 12.7 Å². The van der Waals surface area contributed by atoms with Gasteiger partial charge in [0.15, 0.2) is 17.7 Å². The van der Waals surface area contributed by atoms with Crippen molar-refractivity contribution in [3.05, 3.63) is 12.7 Å².